The minimum Gasteiger partial charge on any atom is -1.00 e. The number of ketones is 1. The molecule has 2 fully saturated rings. The van der Waals surface area contributed by atoms with Crippen molar-refractivity contribution in [2.75, 3.05) is 26.7 Å². The molecule has 0 amide bonds. The van der Waals surface area contributed by atoms with E-state index in [0.29, 0.717) is 18.8 Å². The molecule has 2 aliphatic carbocycles. The monoisotopic (exact) mass is 575 g/mol. The fourth-order valence-corrected chi connectivity index (χ4v) is 7.64. The zero-order valence-electron chi connectivity index (χ0n) is 20.1. The lowest BCUT2D eigenvalue weighted by atomic mass is 9.48. The van der Waals surface area contributed by atoms with Crippen molar-refractivity contribution >= 4 is 5.78 Å². The van der Waals surface area contributed by atoms with Crippen molar-refractivity contribution in [2.45, 2.75) is 68.6 Å². The number of rotatable bonds is 6. The first kappa shape index (κ1) is 24.1. The molecule has 2 aliphatic heterocycles. The van der Waals surface area contributed by atoms with Gasteiger partial charge in [-0.1, -0.05) is 36.4 Å². The lowest BCUT2D eigenvalue weighted by Crippen LogP contribution is -3.00. The number of phenolic OH excluding ortho intramolecular Hbond substituents is 1. The zero-order chi connectivity index (χ0) is 22.8. The molecular formula is C28H34INO4. The number of quaternary nitrogens is 1. The summed E-state index contributed by atoms with van der Waals surface area (Å²) in [7, 11) is 2.36. The average Bonchev–Trinajstić information content (AvgIpc) is 3.20. The second-order valence-corrected chi connectivity index (χ2v) is 10.7. The van der Waals surface area contributed by atoms with Crippen molar-refractivity contribution < 1.29 is 47.8 Å². The van der Waals surface area contributed by atoms with Gasteiger partial charge in [-0.3, -0.25) is 4.79 Å². The number of likely N-dealkylation sites (tertiary alicyclic amines) is 1. The highest BCUT2D eigenvalue weighted by Crippen LogP contribution is 2.66. The number of aromatic hydroxyl groups is 1. The van der Waals surface area contributed by atoms with E-state index in [0.717, 1.165) is 55.2 Å². The molecule has 1 saturated heterocycles. The van der Waals surface area contributed by atoms with Gasteiger partial charge in [-0.05, 0) is 43.4 Å². The number of carbonyl (C=O) groups excluding carboxylic acids is 1. The van der Waals surface area contributed by atoms with E-state index in [-0.39, 0.29) is 41.6 Å². The van der Waals surface area contributed by atoms with Gasteiger partial charge >= 0.3 is 0 Å². The number of ether oxygens (including phenoxy) is 2. The van der Waals surface area contributed by atoms with E-state index in [1.54, 1.807) is 6.07 Å². The maximum atomic E-state index is 13.3. The van der Waals surface area contributed by atoms with Crippen LogP contribution >= 0.6 is 0 Å². The molecular weight excluding hydrogens is 541 g/mol. The molecule has 2 bridgehead atoms. The Morgan fingerprint density at radius 1 is 1.18 bits per heavy atom. The third kappa shape index (κ3) is 3.07. The molecule has 6 heteroatoms. The Balaban J connectivity index is 0.00000241. The first-order valence-corrected chi connectivity index (χ1v) is 12.5. The third-order valence-electron chi connectivity index (χ3n) is 9.40. The van der Waals surface area contributed by atoms with Crippen LogP contribution in [0.2, 0.25) is 0 Å². The first-order valence-electron chi connectivity index (χ1n) is 12.5. The lowest BCUT2D eigenvalue weighted by Gasteiger charge is -2.65. The highest BCUT2D eigenvalue weighted by atomic mass is 127. The molecule has 1 N–H and O–H groups in total. The minimum absolute atomic E-state index is 0. The second-order valence-electron chi connectivity index (χ2n) is 10.7. The smallest absolute Gasteiger partial charge is 0.174 e. The van der Waals surface area contributed by atoms with Crippen LogP contribution < -0.4 is 28.7 Å². The number of hydrogen-bond acceptors (Lipinski definition) is 4. The maximum Gasteiger partial charge on any atom is 0.174 e. The zero-order valence-corrected chi connectivity index (χ0v) is 22.2. The molecule has 6 rings (SSSR count). The molecule has 0 aromatic heterocycles. The fourth-order valence-electron chi connectivity index (χ4n) is 7.64. The molecule has 1 spiro atoms. The molecule has 0 unspecified atom stereocenters. The third-order valence-corrected chi connectivity index (χ3v) is 9.40. The Hall–Kier alpha value is -1.64. The van der Waals surface area contributed by atoms with Gasteiger partial charge in [0.1, 0.15) is 11.6 Å². The Morgan fingerprint density at radius 3 is 2.74 bits per heavy atom. The Kier molecular flexibility index (Phi) is 6.01. The predicted octanol–water partition coefficient (Wildman–Crippen LogP) is 0.941. The van der Waals surface area contributed by atoms with Gasteiger partial charge in [0.25, 0.3) is 0 Å². The number of likely N-dealkylation sites (N-methyl/N-ethyl adjacent to an activating group) is 1. The van der Waals surface area contributed by atoms with Crippen LogP contribution in [0, 0.1) is 0 Å². The predicted molar refractivity (Wildman–Crippen MR) is 126 cm³/mol. The summed E-state index contributed by atoms with van der Waals surface area (Å²) in [4.78, 5) is 13.3. The molecule has 2 aromatic carbocycles. The lowest BCUT2D eigenvalue weighted by molar-refractivity contribution is -0.947. The summed E-state index contributed by atoms with van der Waals surface area (Å²) in [5, 5.41) is 10.7. The first-order chi connectivity index (χ1) is 16.0. The number of halogens is 1. The van der Waals surface area contributed by atoms with Crippen molar-refractivity contribution in [3.63, 3.8) is 0 Å². The van der Waals surface area contributed by atoms with E-state index in [1.165, 1.54) is 11.1 Å². The number of piperidine rings is 1. The number of aryl methyl sites for hydroxylation is 1. The van der Waals surface area contributed by atoms with Crippen LogP contribution in [0.15, 0.2) is 42.5 Å². The molecule has 182 valence electrons. The quantitative estimate of drug-likeness (QED) is 0.317. The van der Waals surface area contributed by atoms with Gasteiger partial charge in [0.15, 0.2) is 23.4 Å². The number of Topliss-reactive ketones (excluding diaryl/α,β-unsaturated/α-hetero) is 1. The molecule has 34 heavy (non-hydrogen) atoms. The van der Waals surface area contributed by atoms with Crippen LogP contribution in [0.5, 0.6) is 11.5 Å². The summed E-state index contributed by atoms with van der Waals surface area (Å²) in [6, 6.07) is 14.6. The summed E-state index contributed by atoms with van der Waals surface area (Å²) in [5.41, 5.74) is 2.69. The minimum atomic E-state index is -0.546. The van der Waals surface area contributed by atoms with Crippen molar-refractivity contribution in [1.82, 2.24) is 0 Å². The van der Waals surface area contributed by atoms with Crippen LogP contribution in [-0.4, -0.2) is 59.9 Å². The van der Waals surface area contributed by atoms with Gasteiger partial charge in [-0.2, -0.15) is 0 Å². The number of carbonyl (C=O) groups is 1. The SMILES string of the molecule is CC[N@@+]1(C)CC[C@]23c4c5ccc(O)c4O[C@H]2C(=O)CC[C@@]3(OCCCc2ccccc2)[C@H]1C5.[I-]. The summed E-state index contributed by atoms with van der Waals surface area (Å²) < 4.78 is 14.4. The molecule has 2 aromatic rings. The van der Waals surface area contributed by atoms with Crippen molar-refractivity contribution in [1.29, 1.82) is 0 Å². The van der Waals surface area contributed by atoms with E-state index in [4.69, 9.17) is 9.47 Å². The van der Waals surface area contributed by atoms with E-state index in [2.05, 4.69) is 50.4 Å². The number of phenols is 1. The summed E-state index contributed by atoms with van der Waals surface area (Å²) in [5.74, 6) is 0.851. The average molecular weight is 575 g/mol. The standard InChI is InChI=1S/C28H33NO4.HI/c1-3-29(2)16-15-27-24-20-11-12-21(30)25(24)33-26(27)22(31)13-14-28(27,23(29)18-20)32-17-7-10-19-8-5-4-6-9-19;/h4-6,8-9,11-12,23,26H,3,7,10,13-18H2,1-2H3;1H/t23-,26+,27+,28-,29+;/m1./s1. The Morgan fingerprint density at radius 2 is 1.97 bits per heavy atom. The van der Waals surface area contributed by atoms with E-state index in [1.807, 2.05) is 0 Å². The molecule has 4 aliphatic rings. The van der Waals surface area contributed by atoms with Crippen molar-refractivity contribution in [3.8, 4) is 11.5 Å². The topological polar surface area (TPSA) is 55.8 Å². The van der Waals surface area contributed by atoms with Gasteiger partial charge in [-0.25, -0.2) is 0 Å². The number of benzene rings is 2. The Bertz CT molecular complexity index is 1110. The van der Waals surface area contributed by atoms with Crippen LogP contribution in [0.1, 0.15) is 49.3 Å². The van der Waals surface area contributed by atoms with Gasteiger partial charge < -0.3 is 43.0 Å². The van der Waals surface area contributed by atoms with E-state index >= 15 is 0 Å². The highest BCUT2D eigenvalue weighted by Gasteiger charge is 2.77. The van der Waals surface area contributed by atoms with Crippen LogP contribution in [-0.2, 0) is 27.8 Å². The normalized spacial score (nSPS) is 34.7. The summed E-state index contributed by atoms with van der Waals surface area (Å²) in [6.07, 6.45) is 4.36. The molecule has 2 heterocycles. The number of hydrogen-bond donors (Lipinski definition) is 1. The van der Waals surface area contributed by atoms with Crippen molar-refractivity contribution in [3.05, 3.63) is 59.2 Å². The van der Waals surface area contributed by atoms with Gasteiger partial charge in [0, 0.05) is 31.4 Å². The number of nitrogens with zero attached hydrogens (tertiary/aromatic N) is 1. The second kappa shape index (κ2) is 8.49. The molecule has 5 atom stereocenters. The van der Waals surface area contributed by atoms with E-state index in [9.17, 15) is 9.90 Å². The van der Waals surface area contributed by atoms with Crippen molar-refractivity contribution in [2.24, 2.45) is 0 Å². The highest BCUT2D eigenvalue weighted by molar-refractivity contribution is 5.90. The maximum absolute atomic E-state index is 13.3. The van der Waals surface area contributed by atoms with Gasteiger partial charge in [0.2, 0.25) is 0 Å². The summed E-state index contributed by atoms with van der Waals surface area (Å²) in [6.45, 7) is 4.98. The molecule has 1 saturated carbocycles. The summed E-state index contributed by atoms with van der Waals surface area (Å²) >= 11 is 0. The van der Waals surface area contributed by atoms with Gasteiger partial charge in [0.05, 0.1) is 25.6 Å². The van der Waals surface area contributed by atoms with Crippen LogP contribution in [0.4, 0.5) is 0 Å². The van der Waals surface area contributed by atoms with Crippen LogP contribution in [0.25, 0.3) is 0 Å². The fraction of sp³-hybridized carbons (Fsp3) is 0.536. The van der Waals surface area contributed by atoms with Gasteiger partial charge in [-0.15, -0.1) is 0 Å². The van der Waals surface area contributed by atoms with Crippen LogP contribution in [0.3, 0.4) is 0 Å². The Labute approximate surface area is 219 Å². The largest absolute Gasteiger partial charge is 1.00 e. The molecule has 0 radical (unpaired) electrons. The van der Waals surface area contributed by atoms with E-state index < -0.39 is 17.1 Å². The molecule has 5 nitrogen and oxygen atoms in total.